The minimum atomic E-state index is 0.177. The van der Waals surface area contributed by atoms with Crippen LogP contribution < -0.4 is 0 Å². The van der Waals surface area contributed by atoms with Crippen LogP contribution in [0.3, 0.4) is 0 Å². The van der Waals surface area contributed by atoms with Crippen molar-refractivity contribution < 1.29 is 4.79 Å². The number of nitrogens with one attached hydrogen (secondary N) is 1. The fraction of sp³-hybridized carbons (Fsp3) is 0.583. The lowest BCUT2D eigenvalue weighted by atomic mass is 10.3. The fourth-order valence-electron chi connectivity index (χ4n) is 1.91. The summed E-state index contributed by atoms with van der Waals surface area (Å²) in [5.41, 5.74) is 0.967. The molecule has 0 atom stereocenters. The average Bonchev–Trinajstić information content (AvgIpc) is 2.36. The minimum absolute atomic E-state index is 0.177. The number of rotatable bonds is 3. The number of hydrogen-bond acceptors (Lipinski definition) is 5. The van der Waals surface area contributed by atoms with E-state index in [2.05, 4.69) is 21.9 Å². The molecule has 0 spiro atoms. The molecule has 0 saturated carbocycles. The molecule has 1 fully saturated rings. The van der Waals surface area contributed by atoms with Gasteiger partial charge in [-0.15, -0.1) is 0 Å². The van der Waals surface area contributed by atoms with Crippen LogP contribution in [0.5, 0.6) is 0 Å². The lowest BCUT2D eigenvalue weighted by molar-refractivity contribution is -0.129. The van der Waals surface area contributed by atoms with Gasteiger partial charge in [0, 0.05) is 31.9 Å². The molecule has 1 aliphatic rings. The van der Waals surface area contributed by atoms with Gasteiger partial charge in [-0.1, -0.05) is 11.8 Å². The summed E-state index contributed by atoms with van der Waals surface area (Å²) in [7, 11) is 2.08. The maximum Gasteiger partial charge on any atom is 0.233 e. The lowest BCUT2D eigenvalue weighted by Crippen LogP contribution is -2.47. The zero-order valence-electron chi connectivity index (χ0n) is 11.2. The number of aromatic nitrogens is 2. The summed E-state index contributed by atoms with van der Waals surface area (Å²) < 4.78 is 0.467. The molecule has 1 aromatic rings. The normalized spacial score (nSPS) is 16.6. The molecule has 1 amide bonds. The van der Waals surface area contributed by atoms with E-state index < -0.39 is 0 Å². The van der Waals surface area contributed by atoms with Crippen LogP contribution in [0.4, 0.5) is 0 Å². The number of carbonyl (C=O) groups is 1. The van der Waals surface area contributed by atoms with Gasteiger partial charge in [-0.05, 0) is 32.3 Å². The molecule has 0 bridgehead atoms. The first-order chi connectivity index (χ1) is 9.04. The topological polar surface area (TPSA) is 52.2 Å². The van der Waals surface area contributed by atoms with Gasteiger partial charge in [0.1, 0.15) is 5.03 Å². The number of likely N-dealkylation sites (N-methyl/N-ethyl adjacent to an activating group) is 1. The van der Waals surface area contributed by atoms with Crippen molar-refractivity contribution >= 4 is 29.9 Å². The molecule has 1 saturated heterocycles. The van der Waals surface area contributed by atoms with Gasteiger partial charge in [-0.25, -0.2) is 4.98 Å². The second kappa shape index (κ2) is 6.49. The third kappa shape index (κ3) is 4.29. The van der Waals surface area contributed by atoms with E-state index in [1.165, 1.54) is 11.8 Å². The zero-order chi connectivity index (χ0) is 13.8. The Morgan fingerprint density at radius 3 is 2.79 bits per heavy atom. The molecule has 104 valence electrons. The maximum absolute atomic E-state index is 12.1. The molecular weight excluding hydrogens is 280 g/mol. The summed E-state index contributed by atoms with van der Waals surface area (Å²) in [5.74, 6) is 0.603. The Morgan fingerprint density at radius 1 is 1.47 bits per heavy atom. The Bertz CT molecular complexity index is 509. The standard InChI is InChI=1S/C12H18N4OS2/c1-9-7-10(14-12(18)13-9)19-8-11(17)16-5-3-15(2)4-6-16/h7H,3-6,8H2,1-2H3,(H,13,14,18). The average molecular weight is 298 g/mol. The van der Waals surface area contributed by atoms with Crippen LogP contribution in [-0.2, 0) is 4.79 Å². The number of hydrogen-bond donors (Lipinski definition) is 1. The first-order valence-corrected chi connectivity index (χ1v) is 7.61. The molecule has 0 aromatic carbocycles. The molecule has 0 aliphatic carbocycles. The first kappa shape index (κ1) is 14.5. The number of H-pyrrole nitrogens is 1. The molecule has 0 unspecified atom stereocenters. The highest BCUT2D eigenvalue weighted by Gasteiger charge is 2.18. The summed E-state index contributed by atoms with van der Waals surface area (Å²) in [5, 5.41) is 0.809. The van der Waals surface area contributed by atoms with E-state index >= 15 is 0 Å². The van der Waals surface area contributed by atoms with Crippen LogP contribution >= 0.6 is 24.0 Å². The molecule has 1 aliphatic heterocycles. The van der Waals surface area contributed by atoms with E-state index in [-0.39, 0.29) is 5.91 Å². The highest BCUT2D eigenvalue weighted by molar-refractivity contribution is 7.99. The van der Waals surface area contributed by atoms with Gasteiger partial charge in [0.25, 0.3) is 0 Å². The van der Waals surface area contributed by atoms with Crippen molar-refractivity contribution in [2.75, 3.05) is 39.0 Å². The molecular formula is C12H18N4OS2. The number of thioether (sulfide) groups is 1. The van der Waals surface area contributed by atoms with Crippen molar-refractivity contribution in [2.24, 2.45) is 0 Å². The molecule has 2 rings (SSSR count). The van der Waals surface area contributed by atoms with E-state index in [1.807, 2.05) is 17.9 Å². The Labute approximate surface area is 122 Å². The van der Waals surface area contributed by atoms with Crippen LogP contribution in [0.15, 0.2) is 11.1 Å². The molecule has 5 nitrogen and oxygen atoms in total. The molecule has 19 heavy (non-hydrogen) atoms. The summed E-state index contributed by atoms with van der Waals surface area (Å²) in [4.78, 5) is 23.4. The van der Waals surface area contributed by atoms with E-state index in [4.69, 9.17) is 12.2 Å². The summed E-state index contributed by atoms with van der Waals surface area (Å²) in [6.07, 6.45) is 0. The van der Waals surface area contributed by atoms with Crippen molar-refractivity contribution in [1.82, 2.24) is 19.8 Å². The molecule has 1 aromatic heterocycles. The lowest BCUT2D eigenvalue weighted by Gasteiger charge is -2.32. The van der Waals surface area contributed by atoms with Crippen molar-refractivity contribution in [2.45, 2.75) is 11.9 Å². The van der Waals surface area contributed by atoms with E-state index in [0.717, 1.165) is 36.9 Å². The first-order valence-electron chi connectivity index (χ1n) is 6.21. The highest BCUT2D eigenvalue weighted by atomic mass is 32.2. The van der Waals surface area contributed by atoms with Gasteiger partial charge in [-0.3, -0.25) is 4.79 Å². The summed E-state index contributed by atoms with van der Waals surface area (Å²) >= 11 is 6.47. The third-order valence-electron chi connectivity index (χ3n) is 3.06. The molecule has 2 heterocycles. The Hall–Kier alpha value is -0.920. The van der Waals surface area contributed by atoms with E-state index in [1.54, 1.807) is 0 Å². The van der Waals surface area contributed by atoms with Crippen LogP contribution in [-0.4, -0.2) is 64.7 Å². The van der Waals surface area contributed by atoms with Crippen molar-refractivity contribution in [1.29, 1.82) is 0 Å². The molecule has 0 radical (unpaired) electrons. The van der Waals surface area contributed by atoms with Crippen molar-refractivity contribution in [3.63, 3.8) is 0 Å². The number of amides is 1. The van der Waals surface area contributed by atoms with Gasteiger partial charge in [-0.2, -0.15) is 0 Å². The number of aryl methyl sites for hydroxylation is 1. The van der Waals surface area contributed by atoms with Crippen LogP contribution in [0.25, 0.3) is 0 Å². The predicted octanol–water partition coefficient (Wildman–Crippen LogP) is 1.31. The maximum atomic E-state index is 12.1. The quantitative estimate of drug-likeness (QED) is 0.518. The second-order valence-electron chi connectivity index (χ2n) is 4.68. The monoisotopic (exact) mass is 298 g/mol. The van der Waals surface area contributed by atoms with Gasteiger partial charge in [0.2, 0.25) is 5.91 Å². The molecule has 7 heteroatoms. The Kier molecular flexibility index (Phi) is 4.95. The van der Waals surface area contributed by atoms with E-state index in [0.29, 0.717) is 10.5 Å². The summed E-state index contributed by atoms with van der Waals surface area (Å²) in [6.45, 7) is 5.47. The number of nitrogens with zero attached hydrogens (tertiary/aromatic N) is 3. The highest BCUT2D eigenvalue weighted by Crippen LogP contribution is 2.16. The number of aromatic amines is 1. The van der Waals surface area contributed by atoms with Crippen molar-refractivity contribution in [3.8, 4) is 0 Å². The van der Waals surface area contributed by atoms with Gasteiger partial charge in [0.05, 0.1) is 5.75 Å². The number of piperazine rings is 1. The molecule has 1 N–H and O–H groups in total. The Balaban J connectivity index is 1.88. The number of carbonyl (C=O) groups excluding carboxylic acids is 1. The SMILES string of the molecule is Cc1cc(SCC(=O)N2CCN(C)CC2)nc(=S)[nH]1. The minimum Gasteiger partial charge on any atom is -0.339 e. The second-order valence-corrected chi connectivity index (χ2v) is 6.06. The Morgan fingerprint density at radius 2 is 2.16 bits per heavy atom. The van der Waals surface area contributed by atoms with Gasteiger partial charge < -0.3 is 14.8 Å². The summed E-state index contributed by atoms with van der Waals surface area (Å²) in [6, 6.07) is 1.91. The fourth-order valence-corrected chi connectivity index (χ4v) is 3.09. The zero-order valence-corrected chi connectivity index (χ0v) is 12.8. The predicted molar refractivity (Wildman–Crippen MR) is 79.0 cm³/mol. The van der Waals surface area contributed by atoms with Gasteiger partial charge >= 0.3 is 0 Å². The third-order valence-corrected chi connectivity index (χ3v) is 4.14. The smallest absolute Gasteiger partial charge is 0.233 e. The van der Waals surface area contributed by atoms with Crippen molar-refractivity contribution in [3.05, 3.63) is 16.5 Å². The van der Waals surface area contributed by atoms with Crippen LogP contribution in [0.2, 0.25) is 0 Å². The van der Waals surface area contributed by atoms with Gasteiger partial charge in [0.15, 0.2) is 4.77 Å². The van der Waals surface area contributed by atoms with Crippen LogP contribution in [0.1, 0.15) is 5.69 Å². The largest absolute Gasteiger partial charge is 0.339 e. The van der Waals surface area contributed by atoms with E-state index in [9.17, 15) is 4.79 Å². The van der Waals surface area contributed by atoms with Crippen LogP contribution in [0, 0.1) is 11.7 Å².